The van der Waals surface area contributed by atoms with Crippen LogP contribution >= 0.6 is 11.3 Å². The van der Waals surface area contributed by atoms with Gasteiger partial charge in [-0.15, -0.1) is 11.3 Å². The molecule has 0 bridgehead atoms. The normalized spacial score (nSPS) is 10.5. The van der Waals surface area contributed by atoms with Gasteiger partial charge < -0.3 is 10.1 Å². The molecule has 23 heavy (non-hydrogen) atoms. The quantitative estimate of drug-likeness (QED) is 0.748. The van der Waals surface area contributed by atoms with Crippen molar-refractivity contribution < 1.29 is 14.3 Å². The van der Waals surface area contributed by atoms with Crippen molar-refractivity contribution in [3.63, 3.8) is 0 Å². The Labute approximate surface area is 136 Å². The van der Waals surface area contributed by atoms with Crippen LogP contribution in [0.4, 0.5) is 0 Å². The van der Waals surface area contributed by atoms with Gasteiger partial charge in [0.05, 0.1) is 15.8 Å². The van der Waals surface area contributed by atoms with Gasteiger partial charge in [-0.3, -0.25) is 4.79 Å². The maximum Gasteiger partial charge on any atom is 0.338 e. The number of ether oxygens (including phenoxy) is 1. The Bertz CT molecular complexity index is 859. The number of amides is 1. The van der Waals surface area contributed by atoms with Crippen molar-refractivity contribution in [2.24, 2.45) is 0 Å². The monoisotopic (exact) mass is 326 g/mol. The van der Waals surface area contributed by atoms with Gasteiger partial charge >= 0.3 is 5.97 Å². The Morgan fingerprint density at radius 2 is 1.96 bits per heavy atom. The van der Waals surface area contributed by atoms with Crippen LogP contribution in [0.15, 0.2) is 48.5 Å². The number of carbonyl (C=O) groups excluding carboxylic acids is 2. The molecule has 0 aliphatic heterocycles. The molecule has 5 nitrogen and oxygen atoms in total. The molecule has 2 aromatic carbocycles. The summed E-state index contributed by atoms with van der Waals surface area (Å²) in [5.74, 6) is -0.634. The van der Waals surface area contributed by atoms with Crippen LogP contribution in [-0.2, 0) is 11.3 Å². The van der Waals surface area contributed by atoms with Gasteiger partial charge in [-0.05, 0) is 23.8 Å². The van der Waals surface area contributed by atoms with Gasteiger partial charge in [0.1, 0.15) is 6.61 Å². The van der Waals surface area contributed by atoms with E-state index in [4.69, 9.17) is 4.74 Å². The number of hydrogen-bond donors (Lipinski definition) is 1. The summed E-state index contributed by atoms with van der Waals surface area (Å²) >= 11 is 1.25. The van der Waals surface area contributed by atoms with E-state index < -0.39 is 5.97 Å². The van der Waals surface area contributed by atoms with Crippen molar-refractivity contribution in [2.75, 3.05) is 7.05 Å². The average molecular weight is 326 g/mol. The van der Waals surface area contributed by atoms with E-state index in [1.165, 1.54) is 11.3 Å². The molecule has 1 heterocycles. The summed E-state index contributed by atoms with van der Waals surface area (Å²) in [6, 6.07) is 14.6. The van der Waals surface area contributed by atoms with E-state index in [1.807, 2.05) is 30.3 Å². The zero-order chi connectivity index (χ0) is 16.2. The smallest absolute Gasteiger partial charge is 0.338 e. The number of rotatable bonds is 4. The number of esters is 1. The first-order chi connectivity index (χ1) is 11.2. The van der Waals surface area contributed by atoms with Crippen molar-refractivity contribution in [1.29, 1.82) is 0 Å². The second-order valence-corrected chi connectivity index (χ2v) is 5.87. The average Bonchev–Trinajstić information content (AvgIpc) is 3.03. The predicted molar refractivity (Wildman–Crippen MR) is 88.6 cm³/mol. The molecule has 0 atom stereocenters. The predicted octanol–water partition coefficient (Wildman–Crippen LogP) is 3.01. The van der Waals surface area contributed by atoms with Crippen molar-refractivity contribution in [3.05, 3.63) is 64.7 Å². The van der Waals surface area contributed by atoms with Gasteiger partial charge in [-0.1, -0.05) is 30.3 Å². The van der Waals surface area contributed by atoms with Gasteiger partial charge in [0.15, 0.2) is 5.01 Å². The first-order valence-corrected chi connectivity index (χ1v) is 7.83. The van der Waals surface area contributed by atoms with Gasteiger partial charge in [-0.25, -0.2) is 9.78 Å². The lowest BCUT2D eigenvalue weighted by Crippen LogP contribution is -2.17. The van der Waals surface area contributed by atoms with E-state index >= 15 is 0 Å². The molecule has 6 heteroatoms. The zero-order valence-corrected chi connectivity index (χ0v) is 13.2. The lowest BCUT2D eigenvalue weighted by atomic mass is 10.2. The summed E-state index contributed by atoms with van der Waals surface area (Å²) in [5.41, 5.74) is 2.07. The van der Waals surface area contributed by atoms with E-state index in [1.54, 1.807) is 25.2 Å². The third-order valence-electron chi connectivity index (χ3n) is 3.26. The molecule has 3 rings (SSSR count). The molecule has 0 aliphatic rings. The Hall–Kier alpha value is -2.73. The number of hydrogen-bond acceptors (Lipinski definition) is 5. The summed E-state index contributed by atoms with van der Waals surface area (Å²) in [5, 5.41) is 2.91. The molecule has 0 spiro atoms. The lowest BCUT2D eigenvalue weighted by Gasteiger charge is -2.04. The highest BCUT2D eigenvalue weighted by atomic mass is 32.1. The van der Waals surface area contributed by atoms with Crippen LogP contribution < -0.4 is 5.32 Å². The highest BCUT2D eigenvalue weighted by Gasteiger charge is 2.13. The Morgan fingerprint density at radius 3 is 2.70 bits per heavy atom. The molecule has 0 fully saturated rings. The number of aromatic nitrogens is 1. The molecule has 0 aliphatic carbocycles. The summed E-state index contributed by atoms with van der Waals surface area (Å²) in [6.07, 6.45) is 0. The van der Waals surface area contributed by atoms with Gasteiger partial charge in [0.25, 0.3) is 5.91 Å². The summed E-state index contributed by atoms with van der Waals surface area (Å²) < 4.78 is 6.08. The van der Waals surface area contributed by atoms with Gasteiger partial charge in [0, 0.05) is 7.05 Å². The SMILES string of the molecule is CNC(=O)c1nc2ccc(C(=O)OCc3ccccc3)cc2s1. The minimum Gasteiger partial charge on any atom is -0.457 e. The van der Waals surface area contributed by atoms with E-state index in [0.29, 0.717) is 16.1 Å². The van der Waals surface area contributed by atoms with Crippen LogP contribution in [0.2, 0.25) is 0 Å². The molecule has 0 saturated carbocycles. The summed E-state index contributed by atoms with van der Waals surface area (Å²) in [4.78, 5) is 28.0. The number of nitrogens with zero attached hydrogens (tertiary/aromatic N) is 1. The molecule has 3 aromatic rings. The molecule has 1 N–H and O–H groups in total. The van der Waals surface area contributed by atoms with Crippen LogP contribution in [0.25, 0.3) is 10.2 Å². The van der Waals surface area contributed by atoms with Crippen LogP contribution in [0.1, 0.15) is 25.7 Å². The van der Waals surface area contributed by atoms with Crippen molar-refractivity contribution in [2.45, 2.75) is 6.61 Å². The van der Waals surface area contributed by atoms with E-state index in [2.05, 4.69) is 10.3 Å². The molecule has 0 unspecified atom stereocenters. The Morgan fingerprint density at radius 1 is 1.17 bits per heavy atom. The molecule has 1 aromatic heterocycles. The number of thiazole rings is 1. The van der Waals surface area contributed by atoms with Crippen molar-refractivity contribution in [1.82, 2.24) is 10.3 Å². The maximum absolute atomic E-state index is 12.1. The molecular weight excluding hydrogens is 312 g/mol. The summed E-state index contributed by atoms with van der Waals surface area (Å²) in [6.45, 7) is 0.226. The lowest BCUT2D eigenvalue weighted by molar-refractivity contribution is 0.0473. The molecule has 1 amide bonds. The Kier molecular flexibility index (Phi) is 4.34. The van der Waals surface area contributed by atoms with Gasteiger partial charge in [-0.2, -0.15) is 0 Å². The third-order valence-corrected chi connectivity index (χ3v) is 4.28. The highest BCUT2D eigenvalue weighted by molar-refractivity contribution is 7.20. The minimum absolute atomic E-state index is 0.226. The maximum atomic E-state index is 12.1. The van der Waals surface area contributed by atoms with Crippen LogP contribution in [-0.4, -0.2) is 23.9 Å². The highest BCUT2D eigenvalue weighted by Crippen LogP contribution is 2.23. The molecule has 116 valence electrons. The second-order valence-electron chi connectivity index (χ2n) is 4.84. The van der Waals surface area contributed by atoms with E-state index in [-0.39, 0.29) is 12.5 Å². The molecule has 0 radical (unpaired) electrons. The zero-order valence-electron chi connectivity index (χ0n) is 12.4. The summed E-state index contributed by atoms with van der Waals surface area (Å²) in [7, 11) is 1.56. The first kappa shape index (κ1) is 15.2. The van der Waals surface area contributed by atoms with E-state index in [0.717, 1.165) is 10.3 Å². The fourth-order valence-electron chi connectivity index (χ4n) is 2.06. The molecule has 0 saturated heterocycles. The number of benzene rings is 2. The number of nitrogens with one attached hydrogen (secondary N) is 1. The van der Waals surface area contributed by atoms with Crippen LogP contribution in [0.3, 0.4) is 0 Å². The van der Waals surface area contributed by atoms with Crippen molar-refractivity contribution >= 4 is 33.4 Å². The first-order valence-electron chi connectivity index (χ1n) is 7.01. The minimum atomic E-state index is -0.398. The number of carbonyl (C=O) groups is 2. The van der Waals surface area contributed by atoms with E-state index in [9.17, 15) is 9.59 Å². The number of fused-ring (bicyclic) bond motifs is 1. The molecular formula is C17H14N2O3S. The standard InChI is InChI=1S/C17H14N2O3S/c1-18-15(20)16-19-13-8-7-12(9-14(13)23-16)17(21)22-10-11-5-3-2-4-6-11/h2-9H,10H2,1H3,(H,18,20). The second kappa shape index (κ2) is 6.58. The fraction of sp³-hybridized carbons (Fsp3) is 0.118. The topological polar surface area (TPSA) is 68.3 Å². The van der Waals surface area contributed by atoms with Crippen LogP contribution in [0, 0.1) is 0 Å². The Balaban J connectivity index is 1.77. The van der Waals surface area contributed by atoms with Gasteiger partial charge in [0.2, 0.25) is 0 Å². The fourth-order valence-corrected chi connectivity index (χ4v) is 3.01. The third kappa shape index (κ3) is 3.37. The van der Waals surface area contributed by atoms with Crippen LogP contribution in [0.5, 0.6) is 0 Å². The largest absolute Gasteiger partial charge is 0.457 e. The van der Waals surface area contributed by atoms with Crippen molar-refractivity contribution in [3.8, 4) is 0 Å².